The zero-order valence-electron chi connectivity index (χ0n) is 19.5. The van der Waals surface area contributed by atoms with Gasteiger partial charge in [0.2, 0.25) is 15.9 Å². The van der Waals surface area contributed by atoms with E-state index in [0.717, 1.165) is 30.4 Å². The molecule has 5 rings (SSSR count). The van der Waals surface area contributed by atoms with Crippen LogP contribution in [0.3, 0.4) is 0 Å². The maximum atomic E-state index is 14.0. The SMILES string of the molecule is Cc1ccc(CN(C2CC(=O)N(c3ccc(I)cc3)C2=O)S(=O)(=O)c2ccc3ccccc3c2)cc1. The fraction of sp³-hybridized carbons (Fsp3) is 0.143. The number of carbonyl (C=O) groups is 2. The van der Waals surface area contributed by atoms with Gasteiger partial charge in [-0.2, -0.15) is 4.31 Å². The van der Waals surface area contributed by atoms with Gasteiger partial charge in [-0.05, 0) is 82.2 Å². The molecule has 2 amide bonds. The number of rotatable bonds is 6. The summed E-state index contributed by atoms with van der Waals surface area (Å²) in [7, 11) is -4.12. The van der Waals surface area contributed by atoms with Crippen molar-refractivity contribution >= 4 is 60.9 Å². The average Bonchev–Trinajstić information content (AvgIpc) is 3.17. The molecule has 0 aliphatic carbocycles. The second kappa shape index (κ2) is 9.76. The van der Waals surface area contributed by atoms with Gasteiger partial charge in [0.05, 0.1) is 17.0 Å². The zero-order valence-corrected chi connectivity index (χ0v) is 22.4. The first-order valence-corrected chi connectivity index (χ1v) is 13.9. The molecule has 1 unspecified atom stereocenters. The van der Waals surface area contributed by atoms with E-state index < -0.39 is 27.9 Å². The first-order valence-electron chi connectivity index (χ1n) is 11.4. The number of anilines is 1. The van der Waals surface area contributed by atoms with Gasteiger partial charge in [-0.3, -0.25) is 9.59 Å². The summed E-state index contributed by atoms with van der Waals surface area (Å²) in [6.45, 7) is 1.92. The first kappa shape index (κ1) is 24.6. The topological polar surface area (TPSA) is 74.8 Å². The number of nitrogens with zero attached hydrogens (tertiary/aromatic N) is 2. The van der Waals surface area contributed by atoms with Crippen LogP contribution in [0.15, 0.2) is 95.9 Å². The minimum Gasteiger partial charge on any atom is -0.274 e. The van der Waals surface area contributed by atoms with Gasteiger partial charge >= 0.3 is 0 Å². The van der Waals surface area contributed by atoms with Crippen molar-refractivity contribution in [1.29, 1.82) is 0 Å². The van der Waals surface area contributed by atoms with Crippen LogP contribution in [-0.4, -0.2) is 30.6 Å². The summed E-state index contributed by atoms with van der Waals surface area (Å²) in [5.41, 5.74) is 2.21. The Kier molecular flexibility index (Phi) is 6.67. The molecule has 1 fully saturated rings. The van der Waals surface area contributed by atoms with E-state index in [2.05, 4.69) is 22.6 Å². The average molecular weight is 610 g/mol. The highest BCUT2D eigenvalue weighted by molar-refractivity contribution is 14.1. The minimum absolute atomic E-state index is 0.0281. The highest BCUT2D eigenvalue weighted by Gasteiger charge is 2.47. The van der Waals surface area contributed by atoms with Crippen molar-refractivity contribution in [2.75, 3.05) is 4.90 Å². The van der Waals surface area contributed by atoms with Crippen LogP contribution in [-0.2, 0) is 26.2 Å². The van der Waals surface area contributed by atoms with Crippen LogP contribution in [0.25, 0.3) is 10.8 Å². The Morgan fingerprint density at radius 1 is 0.889 bits per heavy atom. The third-order valence-corrected chi connectivity index (χ3v) is 8.91. The van der Waals surface area contributed by atoms with Crippen LogP contribution < -0.4 is 4.90 Å². The largest absolute Gasteiger partial charge is 0.274 e. The third kappa shape index (κ3) is 4.68. The Bertz CT molecular complexity index is 1570. The number of benzene rings is 4. The lowest BCUT2D eigenvalue weighted by atomic mass is 10.1. The van der Waals surface area contributed by atoms with Gasteiger partial charge < -0.3 is 0 Å². The molecule has 1 aliphatic heterocycles. The Labute approximate surface area is 223 Å². The predicted octanol–water partition coefficient (Wildman–Crippen LogP) is 5.28. The Morgan fingerprint density at radius 3 is 2.25 bits per heavy atom. The molecule has 0 bridgehead atoms. The zero-order chi connectivity index (χ0) is 25.4. The minimum atomic E-state index is -4.12. The Morgan fingerprint density at radius 2 is 1.56 bits per heavy atom. The second-order valence-corrected chi connectivity index (χ2v) is 11.9. The fourth-order valence-electron chi connectivity index (χ4n) is 4.40. The Hall–Kier alpha value is -3.08. The van der Waals surface area contributed by atoms with Crippen molar-refractivity contribution < 1.29 is 18.0 Å². The summed E-state index contributed by atoms with van der Waals surface area (Å²) < 4.78 is 30.2. The molecule has 0 saturated carbocycles. The molecule has 1 aliphatic rings. The third-order valence-electron chi connectivity index (χ3n) is 6.34. The number of carbonyl (C=O) groups excluding carboxylic acids is 2. The molecule has 0 N–H and O–H groups in total. The molecule has 0 aromatic heterocycles. The van der Waals surface area contributed by atoms with Gasteiger partial charge in [-0.1, -0.05) is 60.2 Å². The standard InChI is InChI=1S/C28H23IN2O4S/c1-19-6-8-20(9-7-19)18-30(36(34,35)25-15-10-21-4-2-3-5-22(21)16-25)26-17-27(32)31(28(26)33)24-13-11-23(29)12-14-24/h2-16,26H,17-18H2,1H3. The highest BCUT2D eigenvalue weighted by Crippen LogP contribution is 2.32. The van der Waals surface area contributed by atoms with E-state index in [1.165, 1.54) is 4.31 Å². The summed E-state index contributed by atoms with van der Waals surface area (Å²) in [6, 6.07) is 25.8. The van der Waals surface area contributed by atoms with Crippen LogP contribution in [0.2, 0.25) is 0 Å². The monoisotopic (exact) mass is 610 g/mol. The van der Waals surface area contributed by atoms with Gasteiger partial charge in [0.25, 0.3) is 5.91 Å². The first-order chi connectivity index (χ1) is 17.2. The number of fused-ring (bicyclic) bond motifs is 1. The summed E-state index contributed by atoms with van der Waals surface area (Å²) in [6.07, 6.45) is -0.219. The fourth-order valence-corrected chi connectivity index (χ4v) is 6.37. The molecule has 0 radical (unpaired) electrons. The lowest BCUT2D eigenvalue weighted by Gasteiger charge is -2.27. The van der Waals surface area contributed by atoms with E-state index in [1.54, 1.807) is 42.5 Å². The van der Waals surface area contributed by atoms with E-state index >= 15 is 0 Å². The van der Waals surface area contributed by atoms with Gasteiger partial charge in [-0.15, -0.1) is 0 Å². The van der Waals surface area contributed by atoms with Crippen LogP contribution >= 0.6 is 22.6 Å². The van der Waals surface area contributed by atoms with E-state index in [0.29, 0.717) is 5.69 Å². The smallest absolute Gasteiger partial charge is 0.252 e. The molecule has 4 aromatic carbocycles. The van der Waals surface area contributed by atoms with Gasteiger partial charge in [0.1, 0.15) is 6.04 Å². The van der Waals surface area contributed by atoms with E-state index in [4.69, 9.17) is 0 Å². The molecular formula is C28H23IN2O4S. The van der Waals surface area contributed by atoms with Gasteiger partial charge in [0.15, 0.2) is 0 Å². The predicted molar refractivity (Wildman–Crippen MR) is 148 cm³/mol. The lowest BCUT2D eigenvalue weighted by molar-refractivity contribution is -0.122. The maximum Gasteiger partial charge on any atom is 0.252 e. The number of imide groups is 1. The summed E-state index contributed by atoms with van der Waals surface area (Å²) in [4.78, 5) is 27.8. The molecule has 1 atom stereocenters. The van der Waals surface area contributed by atoms with E-state index in [-0.39, 0.29) is 17.9 Å². The lowest BCUT2D eigenvalue weighted by Crippen LogP contribution is -2.45. The number of aryl methyl sites for hydroxylation is 1. The number of hydrogen-bond acceptors (Lipinski definition) is 4. The van der Waals surface area contributed by atoms with Crippen LogP contribution in [0.4, 0.5) is 5.69 Å². The summed E-state index contributed by atoms with van der Waals surface area (Å²) >= 11 is 2.15. The number of hydrogen-bond donors (Lipinski definition) is 0. The second-order valence-electron chi connectivity index (χ2n) is 8.81. The van der Waals surface area contributed by atoms with Crippen LogP contribution in [0.1, 0.15) is 17.5 Å². The molecular weight excluding hydrogens is 587 g/mol. The van der Waals surface area contributed by atoms with Crippen LogP contribution in [0.5, 0.6) is 0 Å². The molecule has 0 spiro atoms. The number of amides is 2. The Balaban J connectivity index is 1.57. The number of halogens is 1. The molecule has 6 nitrogen and oxygen atoms in total. The van der Waals surface area contributed by atoms with Crippen molar-refractivity contribution in [3.63, 3.8) is 0 Å². The van der Waals surface area contributed by atoms with Crippen LogP contribution in [0, 0.1) is 10.5 Å². The molecule has 36 heavy (non-hydrogen) atoms. The molecule has 1 heterocycles. The molecule has 8 heteroatoms. The quantitative estimate of drug-likeness (QED) is 0.220. The maximum absolute atomic E-state index is 14.0. The highest BCUT2D eigenvalue weighted by atomic mass is 127. The summed E-state index contributed by atoms with van der Waals surface area (Å²) in [5, 5.41) is 1.70. The van der Waals surface area contributed by atoms with Crippen molar-refractivity contribution in [3.8, 4) is 0 Å². The van der Waals surface area contributed by atoms with Crippen molar-refractivity contribution in [3.05, 3.63) is 106 Å². The summed E-state index contributed by atoms with van der Waals surface area (Å²) in [5.74, 6) is -0.966. The van der Waals surface area contributed by atoms with Crippen molar-refractivity contribution in [1.82, 2.24) is 4.31 Å². The normalized spacial score (nSPS) is 16.3. The molecule has 182 valence electrons. The number of sulfonamides is 1. The molecule has 4 aromatic rings. The van der Waals surface area contributed by atoms with Crippen molar-refractivity contribution in [2.24, 2.45) is 0 Å². The van der Waals surface area contributed by atoms with E-state index in [9.17, 15) is 18.0 Å². The molecule has 1 saturated heterocycles. The van der Waals surface area contributed by atoms with Gasteiger partial charge in [-0.25, -0.2) is 13.3 Å². The van der Waals surface area contributed by atoms with Gasteiger partial charge in [0, 0.05) is 10.1 Å². The van der Waals surface area contributed by atoms with Crippen molar-refractivity contribution in [2.45, 2.75) is 30.8 Å². The van der Waals surface area contributed by atoms with E-state index in [1.807, 2.05) is 55.5 Å².